The summed E-state index contributed by atoms with van der Waals surface area (Å²) in [4.78, 5) is 0. The first-order chi connectivity index (χ1) is 6.00. The Morgan fingerprint density at radius 1 is 1.31 bits per heavy atom. The standard InChI is InChI=1S/C11H18F2/c1-4-9-10(11(9,12)13)7-5-6-8(2)3/h5-6,8-10H,4,7H2,1-3H3/b6-5+. The Morgan fingerprint density at radius 3 is 2.31 bits per heavy atom. The third-order valence-corrected chi connectivity index (χ3v) is 2.72. The maximum absolute atomic E-state index is 13.0. The SMILES string of the molecule is CCC1C(C/C=C/C(C)C)C1(F)F. The van der Waals surface area contributed by atoms with Crippen molar-refractivity contribution in [1.82, 2.24) is 0 Å². The first-order valence-electron chi connectivity index (χ1n) is 5.04. The zero-order valence-electron chi connectivity index (χ0n) is 8.56. The molecule has 0 nitrogen and oxygen atoms in total. The molecule has 0 bridgehead atoms. The third kappa shape index (κ3) is 2.29. The number of hydrogen-bond acceptors (Lipinski definition) is 0. The summed E-state index contributed by atoms with van der Waals surface area (Å²) in [6.45, 7) is 5.95. The van der Waals surface area contributed by atoms with E-state index < -0.39 is 5.92 Å². The highest BCUT2D eigenvalue weighted by Crippen LogP contribution is 2.58. The predicted molar refractivity (Wildman–Crippen MR) is 50.8 cm³/mol. The molecular formula is C11H18F2. The number of hydrogen-bond donors (Lipinski definition) is 0. The van der Waals surface area contributed by atoms with Crippen molar-refractivity contribution in [3.63, 3.8) is 0 Å². The Bertz CT molecular complexity index is 194. The lowest BCUT2D eigenvalue weighted by molar-refractivity contribution is 0.0838. The Hall–Kier alpha value is -0.400. The monoisotopic (exact) mass is 188 g/mol. The lowest BCUT2D eigenvalue weighted by Gasteiger charge is -1.94. The molecule has 2 unspecified atom stereocenters. The van der Waals surface area contributed by atoms with E-state index in [9.17, 15) is 8.78 Å². The van der Waals surface area contributed by atoms with E-state index in [1.807, 2.05) is 19.1 Å². The Balaban J connectivity index is 2.33. The molecule has 76 valence electrons. The quantitative estimate of drug-likeness (QED) is 0.587. The largest absolute Gasteiger partial charge is 0.254 e. The first kappa shape index (κ1) is 10.7. The highest BCUT2D eigenvalue weighted by Gasteiger charge is 2.65. The van der Waals surface area contributed by atoms with Gasteiger partial charge in [0.15, 0.2) is 0 Å². The van der Waals surface area contributed by atoms with Gasteiger partial charge in [-0.2, -0.15) is 0 Å². The Labute approximate surface area is 79.0 Å². The Kier molecular flexibility index (Phi) is 3.09. The van der Waals surface area contributed by atoms with Crippen LogP contribution in [0.2, 0.25) is 0 Å². The van der Waals surface area contributed by atoms with Crippen LogP contribution in [0.15, 0.2) is 12.2 Å². The number of allylic oxidation sites excluding steroid dienone is 2. The van der Waals surface area contributed by atoms with Gasteiger partial charge < -0.3 is 0 Å². The highest BCUT2D eigenvalue weighted by atomic mass is 19.3. The van der Waals surface area contributed by atoms with Gasteiger partial charge in [0.2, 0.25) is 0 Å². The molecule has 0 radical (unpaired) electrons. The van der Waals surface area contributed by atoms with E-state index in [4.69, 9.17) is 0 Å². The summed E-state index contributed by atoms with van der Waals surface area (Å²) in [5, 5.41) is 0. The van der Waals surface area contributed by atoms with Crippen LogP contribution in [0.4, 0.5) is 8.78 Å². The average molecular weight is 188 g/mol. The average Bonchev–Trinajstić information content (AvgIpc) is 2.52. The summed E-state index contributed by atoms with van der Waals surface area (Å²) in [6, 6.07) is 0. The van der Waals surface area contributed by atoms with Gasteiger partial charge in [0.25, 0.3) is 5.92 Å². The van der Waals surface area contributed by atoms with Crippen LogP contribution in [0.1, 0.15) is 33.6 Å². The minimum absolute atomic E-state index is 0.357. The van der Waals surface area contributed by atoms with Crippen LogP contribution in [0.25, 0.3) is 0 Å². The minimum Gasteiger partial charge on any atom is -0.206 e. The van der Waals surface area contributed by atoms with Crippen molar-refractivity contribution in [3.05, 3.63) is 12.2 Å². The second kappa shape index (κ2) is 3.77. The molecule has 0 aliphatic heterocycles. The van der Waals surface area contributed by atoms with Gasteiger partial charge in [0, 0.05) is 11.8 Å². The molecule has 0 aromatic rings. The zero-order valence-corrected chi connectivity index (χ0v) is 8.56. The van der Waals surface area contributed by atoms with Gasteiger partial charge in [-0.1, -0.05) is 32.9 Å². The lowest BCUT2D eigenvalue weighted by Crippen LogP contribution is -1.93. The molecule has 0 saturated heterocycles. The molecule has 1 aliphatic carbocycles. The number of halogens is 2. The van der Waals surface area contributed by atoms with Gasteiger partial charge >= 0.3 is 0 Å². The van der Waals surface area contributed by atoms with Crippen LogP contribution in [0.3, 0.4) is 0 Å². The minimum atomic E-state index is -2.38. The van der Waals surface area contributed by atoms with Gasteiger partial charge in [-0.3, -0.25) is 0 Å². The molecule has 1 fully saturated rings. The molecule has 0 spiro atoms. The maximum Gasteiger partial charge on any atom is 0.254 e. The second-order valence-electron chi connectivity index (χ2n) is 4.20. The molecule has 0 aromatic heterocycles. The van der Waals surface area contributed by atoms with Gasteiger partial charge in [0.1, 0.15) is 0 Å². The summed E-state index contributed by atoms with van der Waals surface area (Å²) in [6.07, 6.45) is 5.05. The van der Waals surface area contributed by atoms with E-state index in [2.05, 4.69) is 13.8 Å². The summed E-state index contributed by atoms with van der Waals surface area (Å²) >= 11 is 0. The van der Waals surface area contributed by atoms with Crippen molar-refractivity contribution in [2.75, 3.05) is 0 Å². The van der Waals surface area contributed by atoms with Crippen LogP contribution in [-0.2, 0) is 0 Å². The molecule has 0 aromatic carbocycles. The second-order valence-corrected chi connectivity index (χ2v) is 4.20. The smallest absolute Gasteiger partial charge is 0.206 e. The van der Waals surface area contributed by atoms with Crippen LogP contribution in [0.5, 0.6) is 0 Å². The van der Waals surface area contributed by atoms with Crippen molar-refractivity contribution in [3.8, 4) is 0 Å². The molecule has 0 heterocycles. The van der Waals surface area contributed by atoms with E-state index in [0.29, 0.717) is 18.8 Å². The topological polar surface area (TPSA) is 0 Å². The summed E-state index contributed by atoms with van der Waals surface area (Å²) in [5.74, 6) is -2.65. The third-order valence-electron chi connectivity index (χ3n) is 2.72. The predicted octanol–water partition coefficient (Wildman–Crippen LogP) is 3.88. The molecule has 1 saturated carbocycles. The molecule has 1 aliphatic rings. The van der Waals surface area contributed by atoms with Crippen LogP contribution in [-0.4, -0.2) is 5.92 Å². The summed E-state index contributed by atoms with van der Waals surface area (Å²) < 4.78 is 25.9. The van der Waals surface area contributed by atoms with Gasteiger partial charge in [0.05, 0.1) is 0 Å². The van der Waals surface area contributed by atoms with Crippen molar-refractivity contribution in [2.45, 2.75) is 39.5 Å². The van der Waals surface area contributed by atoms with Crippen molar-refractivity contribution < 1.29 is 8.78 Å². The van der Waals surface area contributed by atoms with Crippen molar-refractivity contribution in [2.24, 2.45) is 17.8 Å². The molecule has 2 heteroatoms. The molecule has 2 atom stereocenters. The normalized spacial score (nSPS) is 31.5. The van der Waals surface area contributed by atoms with Crippen LogP contribution in [0, 0.1) is 17.8 Å². The van der Waals surface area contributed by atoms with Crippen LogP contribution >= 0.6 is 0 Å². The first-order valence-corrected chi connectivity index (χ1v) is 5.04. The zero-order chi connectivity index (χ0) is 10.1. The van der Waals surface area contributed by atoms with Crippen molar-refractivity contribution in [1.29, 1.82) is 0 Å². The van der Waals surface area contributed by atoms with Crippen molar-refractivity contribution >= 4 is 0 Å². The summed E-state index contributed by atoms with van der Waals surface area (Å²) in [7, 11) is 0. The molecule has 13 heavy (non-hydrogen) atoms. The van der Waals surface area contributed by atoms with Gasteiger partial charge in [-0.25, -0.2) is 8.78 Å². The van der Waals surface area contributed by atoms with E-state index in [-0.39, 0.29) is 11.8 Å². The van der Waals surface area contributed by atoms with Gasteiger partial charge in [-0.15, -0.1) is 0 Å². The Morgan fingerprint density at radius 2 is 1.92 bits per heavy atom. The van der Waals surface area contributed by atoms with E-state index in [1.165, 1.54) is 0 Å². The number of rotatable bonds is 4. The molecule has 0 amide bonds. The van der Waals surface area contributed by atoms with Crippen LogP contribution < -0.4 is 0 Å². The fourth-order valence-corrected chi connectivity index (χ4v) is 1.84. The lowest BCUT2D eigenvalue weighted by atomic mass is 10.1. The summed E-state index contributed by atoms with van der Waals surface area (Å²) in [5.41, 5.74) is 0. The number of alkyl halides is 2. The molecule has 1 rings (SSSR count). The molecular weight excluding hydrogens is 170 g/mol. The molecule has 0 N–H and O–H groups in total. The maximum atomic E-state index is 13.0. The van der Waals surface area contributed by atoms with E-state index >= 15 is 0 Å². The van der Waals surface area contributed by atoms with E-state index in [1.54, 1.807) is 0 Å². The van der Waals surface area contributed by atoms with Gasteiger partial charge in [-0.05, 0) is 18.8 Å². The fourth-order valence-electron chi connectivity index (χ4n) is 1.84. The fraction of sp³-hybridized carbons (Fsp3) is 0.818. The van der Waals surface area contributed by atoms with E-state index in [0.717, 1.165) is 0 Å². The highest BCUT2D eigenvalue weighted by molar-refractivity contribution is 5.07.